The third-order valence-electron chi connectivity index (χ3n) is 3.95. The summed E-state index contributed by atoms with van der Waals surface area (Å²) in [7, 11) is 1.76. The number of hydrogen-bond donors (Lipinski definition) is 0. The predicted octanol–water partition coefficient (Wildman–Crippen LogP) is 5.21. The van der Waals surface area contributed by atoms with Crippen LogP contribution in [-0.4, -0.2) is 36.1 Å². The van der Waals surface area contributed by atoms with Gasteiger partial charge in [-0.2, -0.15) is 0 Å². The van der Waals surface area contributed by atoms with Crippen LogP contribution in [0.2, 0.25) is 5.02 Å². The minimum Gasteiger partial charge on any atom is -0.490 e. The van der Waals surface area contributed by atoms with E-state index in [2.05, 4.69) is 18.8 Å². The fourth-order valence-corrected chi connectivity index (χ4v) is 3.53. The molecule has 2 aromatic rings. The van der Waals surface area contributed by atoms with Gasteiger partial charge in [-0.3, -0.25) is 4.79 Å². The van der Waals surface area contributed by atoms with Gasteiger partial charge in [0.15, 0.2) is 11.5 Å². The van der Waals surface area contributed by atoms with Gasteiger partial charge in [0, 0.05) is 18.0 Å². The smallest absolute Gasteiger partial charge is 0.254 e. The molecule has 0 aliphatic heterocycles. The molecule has 0 spiro atoms. The van der Waals surface area contributed by atoms with Crippen LogP contribution in [0, 0.1) is 0 Å². The molecule has 5 nitrogen and oxygen atoms in total. The molecule has 27 heavy (non-hydrogen) atoms. The van der Waals surface area contributed by atoms with Gasteiger partial charge in [0.05, 0.1) is 35.5 Å². The van der Waals surface area contributed by atoms with E-state index in [9.17, 15) is 4.79 Å². The number of benzene rings is 1. The quantitative estimate of drug-likeness (QED) is 0.504. The van der Waals surface area contributed by atoms with E-state index in [1.807, 2.05) is 12.3 Å². The second-order valence-electron chi connectivity index (χ2n) is 6.17. The van der Waals surface area contributed by atoms with Gasteiger partial charge < -0.3 is 14.4 Å². The minimum absolute atomic E-state index is 0.135. The average molecular weight is 411 g/mol. The van der Waals surface area contributed by atoms with Crippen LogP contribution in [0.25, 0.3) is 0 Å². The molecule has 1 aromatic carbocycles. The Morgan fingerprint density at radius 1 is 1.26 bits per heavy atom. The first kappa shape index (κ1) is 21.5. The normalized spacial score (nSPS) is 10.7. The summed E-state index contributed by atoms with van der Waals surface area (Å²) in [6.07, 6.45) is 2.85. The van der Waals surface area contributed by atoms with Gasteiger partial charge in [-0.25, -0.2) is 4.98 Å². The molecular formula is C20H27ClN2O3S. The first-order valence-electron chi connectivity index (χ1n) is 9.27. The highest BCUT2D eigenvalue weighted by atomic mass is 35.5. The number of carbonyl (C=O) groups is 1. The van der Waals surface area contributed by atoms with E-state index in [-0.39, 0.29) is 5.91 Å². The van der Waals surface area contributed by atoms with E-state index in [1.54, 1.807) is 35.4 Å². The van der Waals surface area contributed by atoms with Crippen LogP contribution < -0.4 is 9.47 Å². The Labute approximate surface area is 170 Å². The van der Waals surface area contributed by atoms with Crippen LogP contribution in [0.1, 0.15) is 54.7 Å². The van der Waals surface area contributed by atoms with Crippen molar-refractivity contribution >= 4 is 28.8 Å². The molecule has 0 N–H and O–H groups in total. The summed E-state index contributed by atoms with van der Waals surface area (Å²) in [5, 5.41) is 3.45. The van der Waals surface area contributed by atoms with Crippen molar-refractivity contribution in [2.75, 3.05) is 20.3 Å². The molecule has 2 rings (SSSR count). The molecule has 1 heterocycles. The number of halogens is 1. The molecule has 7 heteroatoms. The molecule has 0 aliphatic rings. The van der Waals surface area contributed by atoms with E-state index < -0.39 is 0 Å². The molecule has 0 unspecified atom stereocenters. The number of hydrogen-bond acceptors (Lipinski definition) is 5. The van der Waals surface area contributed by atoms with Crippen molar-refractivity contribution in [2.45, 2.75) is 46.6 Å². The fraction of sp³-hybridized carbons (Fsp3) is 0.500. The molecule has 0 aliphatic carbocycles. The van der Waals surface area contributed by atoms with Crippen molar-refractivity contribution in [3.05, 3.63) is 38.8 Å². The lowest BCUT2D eigenvalue weighted by Gasteiger charge is -2.19. The number of thiazole rings is 1. The Bertz CT molecular complexity index is 764. The number of nitrogens with zero attached hydrogens (tertiary/aromatic N) is 2. The van der Waals surface area contributed by atoms with E-state index in [0.717, 1.165) is 30.0 Å². The SMILES string of the molecule is CCCCOc1c(Cl)cc(C(=O)N(C)Cc2csc(CC)n2)cc1OCC. The van der Waals surface area contributed by atoms with Crippen LogP contribution >= 0.6 is 22.9 Å². The molecule has 0 atom stereocenters. The highest BCUT2D eigenvalue weighted by molar-refractivity contribution is 7.09. The van der Waals surface area contributed by atoms with Crippen molar-refractivity contribution in [2.24, 2.45) is 0 Å². The van der Waals surface area contributed by atoms with Gasteiger partial charge in [-0.05, 0) is 31.9 Å². The Balaban J connectivity index is 2.18. The summed E-state index contributed by atoms with van der Waals surface area (Å²) in [6.45, 7) is 7.53. The molecule has 0 fully saturated rings. The van der Waals surface area contributed by atoms with Crippen LogP contribution in [0.15, 0.2) is 17.5 Å². The number of carbonyl (C=O) groups excluding carboxylic acids is 1. The maximum Gasteiger partial charge on any atom is 0.254 e. The van der Waals surface area contributed by atoms with Crippen LogP contribution in [0.4, 0.5) is 0 Å². The summed E-state index contributed by atoms with van der Waals surface area (Å²) in [4.78, 5) is 19.0. The molecule has 1 amide bonds. The topological polar surface area (TPSA) is 51.7 Å². The van der Waals surface area contributed by atoms with Crippen LogP contribution in [-0.2, 0) is 13.0 Å². The number of unbranched alkanes of at least 4 members (excludes halogenated alkanes) is 1. The summed E-state index contributed by atoms with van der Waals surface area (Å²) >= 11 is 8.01. The standard InChI is InChI=1S/C20H27ClN2O3S/c1-5-8-9-26-19-16(21)10-14(11-17(19)25-7-3)20(24)23(4)12-15-13-27-18(6-2)22-15/h10-11,13H,5-9,12H2,1-4H3. The lowest BCUT2D eigenvalue weighted by molar-refractivity contribution is 0.0783. The number of aromatic nitrogens is 1. The Hall–Kier alpha value is -1.79. The molecule has 0 radical (unpaired) electrons. The van der Waals surface area contributed by atoms with E-state index in [4.69, 9.17) is 21.1 Å². The van der Waals surface area contributed by atoms with Gasteiger partial charge in [-0.1, -0.05) is 31.9 Å². The largest absolute Gasteiger partial charge is 0.490 e. The maximum atomic E-state index is 12.9. The van der Waals surface area contributed by atoms with Crippen molar-refractivity contribution in [3.63, 3.8) is 0 Å². The zero-order valence-corrected chi connectivity index (χ0v) is 18.0. The van der Waals surface area contributed by atoms with Crippen molar-refractivity contribution in [3.8, 4) is 11.5 Å². The van der Waals surface area contributed by atoms with Crippen LogP contribution in [0.5, 0.6) is 11.5 Å². The molecule has 148 valence electrons. The molecule has 1 aromatic heterocycles. The van der Waals surface area contributed by atoms with Gasteiger partial charge >= 0.3 is 0 Å². The monoisotopic (exact) mass is 410 g/mol. The minimum atomic E-state index is -0.135. The highest BCUT2D eigenvalue weighted by Crippen LogP contribution is 2.37. The summed E-state index contributed by atoms with van der Waals surface area (Å²) in [6, 6.07) is 3.34. The molecule has 0 saturated heterocycles. The second kappa shape index (κ2) is 10.5. The Kier molecular flexibility index (Phi) is 8.38. The third kappa shape index (κ3) is 5.84. The van der Waals surface area contributed by atoms with E-state index in [1.165, 1.54) is 0 Å². The lowest BCUT2D eigenvalue weighted by Crippen LogP contribution is -2.26. The lowest BCUT2D eigenvalue weighted by atomic mass is 10.1. The van der Waals surface area contributed by atoms with Crippen LogP contribution in [0.3, 0.4) is 0 Å². The van der Waals surface area contributed by atoms with Gasteiger partial charge in [-0.15, -0.1) is 11.3 Å². The summed E-state index contributed by atoms with van der Waals surface area (Å²) < 4.78 is 11.4. The average Bonchev–Trinajstić information content (AvgIpc) is 3.10. The van der Waals surface area contributed by atoms with Gasteiger partial charge in [0.1, 0.15) is 0 Å². The third-order valence-corrected chi connectivity index (χ3v) is 5.27. The zero-order chi connectivity index (χ0) is 19.8. The van der Waals surface area contributed by atoms with E-state index >= 15 is 0 Å². The first-order valence-corrected chi connectivity index (χ1v) is 10.5. The number of ether oxygens (including phenoxy) is 2. The number of rotatable bonds is 10. The summed E-state index contributed by atoms with van der Waals surface area (Å²) in [5.41, 5.74) is 1.36. The van der Waals surface area contributed by atoms with Gasteiger partial charge in [0.2, 0.25) is 0 Å². The Morgan fingerprint density at radius 3 is 2.67 bits per heavy atom. The first-order chi connectivity index (χ1) is 13.0. The maximum absolute atomic E-state index is 12.9. The number of aryl methyl sites for hydroxylation is 1. The summed E-state index contributed by atoms with van der Waals surface area (Å²) in [5.74, 6) is 0.863. The predicted molar refractivity (Wildman–Crippen MR) is 110 cm³/mol. The zero-order valence-electron chi connectivity index (χ0n) is 16.4. The van der Waals surface area contributed by atoms with Crippen molar-refractivity contribution < 1.29 is 14.3 Å². The highest BCUT2D eigenvalue weighted by Gasteiger charge is 2.19. The van der Waals surface area contributed by atoms with Crippen molar-refractivity contribution in [1.29, 1.82) is 0 Å². The molecule has 0 bridgehead atoms. The Morgan fingerprint density at radius 2 is 2.04 bits per heavy atom. The molecule has 0 saturated carbocycles. The molecular weight excluding hydrogens is 384 g/mol. The van der Waals surface area contributed by atoms with Crippen molar-refractivity contribution in [1.82, 2.24) is 9.88 Å². The second-order valence-corrected chi connectivity index (χ2v) is 7.52. The van der Waals surface area contributed by atoms with E-state index in [0.29, 0.717) is 41.8 Å². The fourth-order valence-electron chi connectivity index (χ4n) is 2.53. The number of amides is 1. The van der Waals surface area contributed by atoms with Gasteiger partial charge in [0.25, 0.3) is 5.91 Å².